The normalized spacial score (nSPS) is 21.1. The number of fused-ring (bicyclic) bond motifs is 1. The number of hydrogen-bond acceptors (Lipinski definition) is 3. The standard InChI is InChI=1S/C15H20N2O2S/c1-12-5-4-7-15-16-13(9-17(12)15)10-20(18)11-14-6-2-3-8-19-14/h4-5,7,9,14H,2-3,6,8,10-11H2,1H3/t14-,20+/m1/s1. The summed E-state index contributed by atoms with van der Waals surface area (Å²) in [6.45, 7) is 2.86. The van der Waals surface area contributed by atoms with Crippen molar-refractivity contribution in [1.29, 1.82) is 0 Å². The number of ether oxygens (including phenoxy) is 1. The van der Waals surface area contributed by atoms with Gasteiger partial charge in [-0.1, -0.05) is 6.07 Å². The molecule has 5 heteroatoms. The molecular formula is C15H20N2O2S. The van der Waals surface area contributed by atoms with Crippen molar-refractivity contribution in [2.45, 2.75) is 38.0 Å². The minimum atomic E-state index is -0.903. The first kappa shape index (κ1) is 13.8. The maximum absolute atomic E-state index is 12.2. The van der Waals surface area contributed by atoms with E-state index in [-0.39, 0.29) is 6.10 Å². The van der Waals surface area contributed by atoms with E-state index in [1.807, 2.05) is 35.7 Å². The Morgan fingerprint density at radius 1 is 1.45 bits per heavy atom. The second-order valence-corrected chi connectivity index (χ2v) is 6.87. The fraction of sp³-hybridized carbons (Fsp3) is 0.533. The van der Waals surface area contributed by atoms with Gasteiger partial charge >= 0.3 is 0 Å². The topological polar surface area (TPSA) is 43.6 Å². The van der Waals surface area contributed by atoms with E-state index in [1.165, 1.54) is 6.42 Å². The Balaban J connectivity index is 1.66. The van der Waals surface area contributed by atoms with Gasteiger partial charge in [-0.2, -0.15) is 0 Å². The number of imidazole rings is 1. The SMILES string of the molecule is Cc1cccc2nc(C[S@](=O)C[C@H]3CCCCO3)cn12. The molecule has 20 heavy (non-hydrogen) atoms. The van der Waals surface area contributed by atoms with Crippen molar-refractivity contribution in [3.63, 3.8) is 0 Å². The van der Waals surface area contributed by atoms with E-state index >= 15 is 0 Å². The first-order valence-corrected chi connectivity index (χ1v) is 8.61. The van der Waals surface area contributed by atoms with Crippen LogP contribution in [-0.2, 0) is 21.3 Å². The van der Waals surface area contributed by atoms with Crippen LogP contribution in [0.25, 0.3) is 5.65 Å². The third-order valence-electron chi connectivity index (χ3n) is 3.70. The van der Waals surface area contributed by atoms with Gasteiger partial charge in [0, 0.05) is 29.3 Å². The minimum absolute atomic E-state index is 0.170. The molecule has 2 aromatic heterocycles. The highest BCUT2D eigenvalue weighted by Crippen LogP contribution is 2.15. The van der Waals surface area contributed by atoms with Gasteiger partial charge < -0.3 is 9.14 Å². The summed E-state index contributed by atoms with van der Waals surface area (Å²) in [4.78, 5) is 4.54. The van der Waals surface area contributed by atoms with Crippen molar-refractivity contribution in [1.82, 2.24) is 9.38 Å². The summed E-state index contributed by atoms with van der Waals surface area (Å²) in [5.41, 5.74) is 2.96. The average molecular weight is 292 g/mol. The number of aromatic nitrogens is 2. The number of rotatable bonds is 4. The monoisotopic (exact) mass is 292 g/mol. The Kier molecular flexibility index (Phi) is 4.17. The maximum Gasteiger partial charge on any atom is 0.137 e. The highest BCUT2D eigenvalue weighted by molar-refractivity contribution is 7.84. The smallest absolute Gasteiger partial charge is 0.137 e. The fourth-order valence-electron chi connectivity index (χ4n) is 2.64. The molecule has 2 atom stereocenters. The third-order valence-corrected chi connectivity index (χ3v) is 5.06. The summed E-state index contributed by atoms with van der Waals surface area (Å²) in [6.07, 6.45) is 5.52. The van der Waals surface area contributed by atoms with Crippen LogP contribution in [0.5, 0.6) is 0 Å². The van der Waals surface area contributed by atoms with Gasteiger partial charge in [0.25, 0.3) is 0 Å². The van der Waals surface area contributed by atoms with E-state index < -0.39 is 10.8 Å². The van der Waals surface area contributed by atoms with E-state index in [1.54, 1.807) is 0 Å². The zero-order chi connectivity index (χ0) is 13.9. The molecule has 0 unspecified atom stereocenters. The van der Waals surface area contributed by atoms with Crippen LogP contribution in [0.3, 0.4) is 0 Å². The number of pyridine rings is 1. The molecule has 0 aliphatic carbocycles. The average Bonchev–Trinajstić information content (AvgIpc) is 2.83. The number of aryl methyl sites for hydroxylation is 1. The molecule has 2 aromatic rings. The highest BCUT2D eigenvalue weighted by Gasteiger charge is 2.17. The van der Waals surface area contributed by atoms with Gasteiger partial charge in [0.2, 0.25) is 0 Å². The van der Waals surface area contributed by atoms with Crippen LogP contribution in [0.15, 0.2) is 24.4 Å². The van der Waals surface area contributed by atoms with Gasteiger partial charge in [-0.3, -0.25) is 4.21 Å². The zero-order valence-electron chi connectivity index (χ0n) is 11.7. The van der Waals surface area contributed by atoms with Gasteiger partial charge in [-0.25, -0.2) is 4.98 Å². The second kappa shape index (κ2) is 6.06. The zero-order valence-corrected chi connectivity index (χ0v) is 12.6. The van der Waals surface area contributed by atoms with E-state index in [0.717, 1.165) is 36.5 Å². The molecule has 4 nitrogen and oxygen atoms in total. The molecule has 0 radical (unpaired) electrons. The second-order valence-electron chi connectivity index (χ2n) is 5.37. The van der Waals surface area contributed by atoms with Gasteiger partial charge in [0.05, 0.1) is 23.3 Å². The Labute approximate surface area is 121 Å². The number of nitrogens with zero attached hydrogens (tertiary/aromatic N) is 2. The molecular weight excluding hydrogens is 272 g/mol. The van der Waals surface area contributed by atoms with Crippen LogP contribution in [0.2, 0.25) is 0 Å². The molecule has 0 amide bonds. The Hall–Kier alpha value is -1.20. The van der Waals surface area contributed by atoms with E-state index in [2.05, 4.69) is 4.98 Å². The Morgan fingerprint density at radius 2 is 2.35 bits per heavy atom. The van der Waals surface area contributed by atoms with Crippen LogP contribution in [0.4, 0.5) is 0 Å². The van der Waals surface area contributed by atoms with Crippen LogP contribution in [-0.4, -0.2) is 32.1 Å². The molecule has 3 heterocycles. The first-order chi connectivity index (χ1) is 9.72. The maximum atomic E-state index is 12.2. The minimum Gasteiger partial charge on any atom is -0.377 e. The molecule has 1 aliphatic heterocycles. The molecule has 0 N–H and O–H groups in total. The first-order valence-electron chi connectivity index (χ1n) is 7.12. The van der Waals surface area contributed by atoms with Crippen molar-refractivity contribution in [2.24, 2.45) is 0 Å². The van der Waals surface area contributed by atoms with E-state index in [9.17, 15) is 4.21 Å². The van der Waals surface area contributed by atoms with Crippen LogP contribution >= 0.6 is 0 Å². The molecule has 1 aliphatic rings. The molecule has 0 aromatic carbocycles. The van der Waals surface area contributed by atoms with Crippen molar-refractivity contribution < 1.29 is 8.95 Å². The highest BCUT2D eigenvalue weighted by atomic mass is 32.2. The lowest BCUT2D eigenvalue weighted by Crippen LogP contribution is -2.25. The molecule has 1 fully saturated rings. The van der Waals surface area contributed by atoms with Gasteiger partial charge in [-0.15, -0.1) is 0 Å². The van der Waals surface area contributed by atoms with Crippen molar-refractivity contribution in [2.75, 3.05) is 12.4 Å². The largest absolute Gasteiger partial charge is 0.377 e. The summed E-state index contributed by atoms with van der Waals surface area (Å²) in [7, 11) is -0.903. The van der Waals surface area contributed by atoms with Crippen LogP contribution in [0, 0.1) is 6.92 Å². The van der Waals surface area contributed by atoms with Crippen LogP contribution in [0.1, 0.15) is 30.7 Å². The summed E-state index contributed by atoms with van der Waals surface area (Å²) in [6, 6.07) is 6.02. The Morgan fingerprint density at radius 3 is 3.10 bits per heavy atom. The van der Waals surface area contributed by atoms with Crippen molar-refractivity contribution in [3.05, 3.63) is 35.8 Å². The molecule has 108 valence electrons. The predicted octanol–water partition coefficient (Wildman–Crippen LogP) is 2.46. The summed E-state index contributed by atoms with van der Waals surface area (Å²) in [5.74, 6) is 1.15. The molecule has 1 saturated heterocycles. The fourth-order valence-corrected chi connectivity index (χ4v) is 3.90. The summed E-state index contributed by atoms with van der Waals surface area (Å²) >= 11 is 0. The molecule has 3 rings (SSSR count). The lowest BCUT2D eigenvalue weighted by Gasteiger charge is -2.21. The van der Waals surface area contributed by atoms with Crippen molar-refractivity contribution >= 4 is 16.4 Å². The summed E-state index contributed by atoms with van der Waals surface area (Å²) < 4.78 is 19.9. The molecule has 0 spiro atoms. The quantitative estimate of drug-likeness (QED) is 0.869. The van der Waals surface area contributed by atoms with Crippen molar-refractivity contribution in [3.8, 4) is 0 Å². The van der Waals surface area contributed by atoms with Crippen LogP contribution < -0.4 is 0 Å². The van der Waals surface area contributed by atoms with E-state index in [0.29, 0.717) is 11.5 Å². The van der Waals surface area contributed by atoms with Gasteiger partial charge in [-0.05, 0) is 38.3 Å². The van der Waals surface area contributed by atoms with Gasteiger partial charge in [0.1, 0.15) is 5.65 Å². The summed E-state index contributed by atoms with van der Waals surface area (Å²) in [5, 5.41) is 0. The Bertz CT molecular complexity index is 617. The molecule has 0 saturated carbocycles. The molecule has 0 bridgehead atoms. The predicted molar refractivity (Wildman–Crippen MR) is 80.2 cm³/mol. The lowest BCUT2D eigenvalue weighted by atomic mass is 10.1. The number of hydrogen-bond donors (Lipinski definition) is 0. The third kappa shape index (κ3) is 3.10. The lowest BCUT2D eigenvalue weighted by molar-refractivity contribution is 0.0310. The van der Waals surface area contributed by atoms with Gasteiger partial charge in [0.15, 0.2) is 0 Å². The van der Waals surface area contributed by atoms with E-state index in [4.69, 9.17) is 4.74 Å².